The highest BCUT2D eigenvalue weighted by molar-refractivity contribution is 6.21. The van der Waals surface area contributed by atoms with E-state index in [4.69, 9.17) is 9.47 Å². The minimum Gasteiger partial charge on any atom is -0.497 e. The van der Waals surface area contributed by atoms with E-state index in [0.717, 1.165) is 52.8 Å². The molecule has 0 aromatic heterocycles. The Kier molecular flexibility index (Phi) is 9.31. The van der Waals surface area contributed by atoms with E-state index >= 15 is 0 Å². The summed E-state index contributed by atoms with van der Waals surface area (Å²) in [6.45, 7) is 15.5. The Hall–Kier alpha value is -5.55. The molecule has 0 atom stereocenters. The van der Waals surface area contributed by atoms with E-state index in [1.54, 1.807) is 14.2 Å². The number of allylic oxidation sites excluding steroid dienone is 10. The highest BCUT2D eigenvalue weighted by atomic mass is 16.5. The monoisotopic (exact) mass is 688 g/mol. The first kappa shape index (κ1) is 34.9. The number of ether oxygens (including phenoxy) is 2. The zero-order valence-corrected chi connectivity index (χ0v) is 31.8. The Balaban J connectivity index is 1.41. The summed E-state index contributed by atoms with van der Waals surface area (Å²) in [6.07, 6.45) is 13.8. The van der Waals surface area contributed by atoms with Crippen LogP contribution in [0.1, 0.15) is 52.7 Å². The minimum absolute atomic E-state index is 0.198. The van der Waals surface area contributed by atoms with Crippen molar-refractivity contribution < 1.29 is 9.47 Å². The van der Waals surface area contributed by atoms with Gasteiger partial charge in [-0.25, -0.2) is 0 Å². The maximum atomic E-state index is 5.64. The maximum absolute atomic E-state index is 5.64. The number of rotatable bonds is 8. The Bertz CT molecular complexity index is 2030. The quantitative estimate of drug-likeness (QED) is 0.172. The molecule has 5 heteroatoms. The molecule has 4 aromatic rings. The van der Waals surface area contributed by atoms with Crippen LogP contribution in [0.15, 0.2) is 156 Å². The number of nitrogens with zero attached hydrogens (tertiary/aromatic N) is 3. The number of hydrogen-bond donors (Lipinski definition) is 0. The highest BCUT2D eigenvalue weighted by Crippen LogP contribution is 2.50. The van der Waals surface area contributed by atoms with Crippen LogP contribution in [-0.4, -0.2) is 33.0 Å². The molecule has 0 radical (unpaired) electrons. The van der Waals surface area contributed by atoms with Crippen molar-refractivity contribution in [2.45, 2.75) is 52.4 Å². The number of benzene rings is 4. The van der Waals surface area contributed by atoms with Gasteiger partial charge in [0.25, 0.3) is 0 Å². The average molecular weight is 689 g/mol. The summed E-state index contributed by atoms with van der Waals surface area (Å²) >= 11 is 0. The molecule has 2 heterocycles. The number of methoxy groups -OCH3 is 2. The van der Waals surface area contributed by atoms with Crippen molar-refractivity contribution in [3.8, 4) is 11.5 Å². The Labute approximate surface area is 309 Å². The first-order chi connectivity index (χ1) is 25.1. The smallest absolute Gasteiger partial charge is 0.226 e. The first-order valence-electron chi connectivity index (χ1n) is 18.4. The summed E-state index contributed by atoms with van der Waals surface area (Å²) in [6, 6.07) is 34.3. The summed E-state index contributed by atoms with van der Waals surface area (Å²) in [5, 5.41) is 0. The van der Waals surface area contributed by atoms with Gasteiger partial charge in [-0.15, -0.1) is 0 Å². The van der Waals surface area contributed by atoms with Crippen LogP contribution in [0.3, 0.4) is 0 Å². The highest BCUT2D eigenvalue weighted by Gasteiger charge is 2.41. The van der Waals surface area contributed by atoms with Crippen molar-refractivity contribution in [1.82, 2.24) is 4.58 Å². The molecule has 7 rings (SSSR count). The third kappa shape index (κ3) is 5.88. The van der Waals surface area contributed by atoms with Crippen molar-refractivity contribution in [2.75, 3.05) is 37.1 Å². The summed E-state index contributed by atoms with van der Waals surface area (Å²) in [7, 11) is 3.48. The fraction of sp³-hybridized carbons (Fsp3) is 0.255. The van der Waals surface area contributed by atoms with E-state index in [0.29, 0.717) is 0 Å². The van der Waals surface area contributed by atoms with Gasteiger partial charge < -0.3 is 19.3 Å². The molecule has 2 aliphatic heterocycles. The largest absolute Gasteiger partial charge is 0.497 e. The molecule has 52 heavy (non-hydrogen) atoms. The number of para-hydroxylation sites is 2. The molecule has 5 nitrogen and oxygen atoms in total. The van der Waals surface area contributed by atoms with Gasteiger partial charge in [0.2, 0.25) is 17.1 Å². The standard InChI is InChI=1S/C47H50N3O2/c1-9-48-41-27-25-37(51-7)31-39(41)46(3,4)43(48)29-23-33-21-22-34(45(33)50(35-17-13-11-14-18-35)36-19-15-12-16-20-36)24-30-44-47(5,6)40-32-38(52-8)26-28-42(40)49(44)10-2/h11-32H,9-10H2,1-8H3/q+1. The lowest BCUT2D eigenvalue weighted by Crippen LogP contribution is -2.26. The number of hydrogen-bond acceptors (Lipinski definition) is 4. The fourth-order valence-corrected chi connectivity index (χ4v) is 8.17. The molecule has 0 bridgehead atoms. The van der Waals surface area contributed by atoms with Crippen molar-refractivity contribution in [3.05, 3.63) is 167 Å². The van der Waals surface area contributed by atoms with Crippen LogP contribution in [0.2, 0.25) is 0 Å². The molecule has 1 aliphatic carbocycles. The maximum Gasteiger partial charge on any atom is 0.226 e. The van der Waals surface area contributed by atoms with Crippen LogP contribution in [-0.2, 0) is 10.8 Å². The summed E-state index contributed by atoms with van der Waals surface area (Å²) in [4.78, 5) is 4.87. The molecule has 0 fully saturated rings. The second kappa shape index (κ2) is 13.9. The van der Waals surface area contributed by atoms with Gasteiger partial charge in [-0.2, -0.15) is 4.58 Å². The van der Waals surface area contributed by atoms with Crippen molar-refractivity contribution in [2.24, 2.45) is 0 Å². The van der Waals surface area contributed by atoms with Gasteiger partial charge >= 0.3 is 0 Å². The van der Waals surface area contributed by atoms with Crippen LogP contribution in [0.5, 0.6) is 11.5 Å². The van der Waals surface area contributed by atoms with E-state index in [2.05, 4.69) is 189 Å². The third-order valence-electron chi connectivity index (χ3n) is 10.9. The summed E-state index contributed by atoms with van der Waals surface area (Å²) in [5.41, 5.74) is 12.8. The first-order valence-corrected chi connectivity index (χ1v) is 18.4. The average Bonchev–Trinajstić information content (AvgIpc) is 3.73. The third-order valence-corrected chi connectivity index (χ3v) is 10.9. The van der Waals surface area contributed by atoms with Gasteiger partial charge in [0.15, 0.2) is 0 Å². The lowest BCUT2D eigenvalue weighted by atomic mass is 9.83. The lowest BCUT2D eigenvalue weighted by molar-refractivity contribution is 0.413. The van der Waals surface area contributed by atoms with Crippen molar-refractivity contribution in [3.63, 3.8) is 0 Å². The second-order valence-electron chi connectivity index (χ2n) is 14.5. The van der Waals surface area contributed by atoms with Gasteiger partial charge in [-0.1, -0.05) is 64.1 Å². The van der Waals surface area contributed by atoms with Gasteiger partial charge in [0, 0.05) is 82.1 Å². The number of fused-ring (bicyclic) bond motifs is 2. The normalized spacial score (nSPS) is 20.0. The molecular weight excluding hydrogens is 639 g/mol. The Morgan fingerprint density at radius 2 is 0.962 bits per heavy atom. The van der Waals surface area contributed by atoms with Gasteiger partial charge in [-0.3, -0.25) is 0 Å². The van der Waals surface area contributed by atoms with Gasteiger partial charge in [0.1, 0.15) is 11.5 Å². The summed E-state index contributed by atoms with van der Waals surface area (Å²) < 4.78 is 13.7. The second-order valence-corrected chi connectivity index (χ2v) is 14.5. The molecular formula is C47H50N3O2+. The van der Waals surface area contributed by atoms with E-state index < -0.39 is 0 Å². The molecule has 0 spiro atoms. The number of anilines is 2. The molecule has 0 unspecified atom stereocenters. The van der Waals surface area contributed by atoms with Crippen molar-refractivity contribution >= 4 is 28.5 Å². The minimum atomic E-state index is -0.198. The van der Waals surface area contributed by atoms with Crippen LogP contribution < -0.4 is 23.8 Å². The molecule has 264 valence electrons. The molecule has 0 saturated heterocycles. The fourth-order valence-electron chi connectivity index (χ4n) is 8.17. The zero-order valence-electron chi connectivity index (χ0n) is 31.8. The van der Waals surface area contributed by atoms with E-state index in [1.165, 1.54) is 33.9 Å². The van der Waals surface area contributed by atoms with E-state index in [9.17, 15) is 0 Å². The summed E-state index contributed by atoms with van der Waals surface area (Å²) in [5.74, 6) is 1.77. The Morgan fingerprint density at radius 1 is 0.558 bits per heavy atom. The molecule has 4 aromatic carbocycles. The van der Waals surface area contributed by atoms with Gasteiger partial charge in [-0.05, 0) is 97.8 Å². The van der Waals surface area contributed by atoms with Gasteiger partial charge in [0.05, 0.1) is 14.2 Å². The number of likely N-dealkylation sites (N-methyl/N-ethyl adjacent to an activating group) is 2. The van der Waals surface area contributed by atoms with Crippen LogP contribution in [0.25, 0.3) is 0 Å². The van der Waals surface area contributed by atoms with E-state index in [1.807, 2.05) is 0 Å². The van der Waals surface area contributed by atoms with Crippen molar-refractivity contribution in [1.29, 1.82) is 0 Å². The SMILES string of the molecule is CCN1/C(=C/C=C2C=C/C(=C\C=C3\N(CC)c4ccc(OC)cc4C3(C)C)C\2=[N+](c2ccccc2)c2ccccc2)C(C)(C)c2cc(OC)ccc21. The lowest BCUT2D eigenvalue weighted by Gasteiger charge is -2.26. The molecule has 0 N–H and O–H groups in total. The predicted octanol–water partition coefficient (Wildman–Crippen LogP) is 10.8. The van der Waals surface area contributed by atoms with E-state index in [-0.39, 0.29) is 10.8 Å². The zero-order chi connectivity index (χ0) is 36.6. The van der Waals surface area contributed by atoms with Crippen LogP contribution >= 0.6 is 0 Å². The van der Waals surface area contributed by atoms with Crippen LogP contribution in [0, 0.1) is 0 Å². The topological polar surface area (TPSA) is 27.9 Å². The molecule has 0 saturated carbocycles. The molecule has 3 aliphatic rings. The Morgan fingerprint density at radius 3 is 1.33 bits per heavy atom. The molecule has 0 amide bonds. The predicted molar refractivity (Wildman–Crippen MR) is 219 cm³/mol. The van der Waals surface area contributed by atoms with Crippen LogP contribution in [0.4, 0.5) is 22.7 Å².